The molecule has 1 atom stereocenters. The molecular weight excluding hydrogens is 523 g/mol. The molecule has 0 radical (unpaired) electrons. The fraction of sp³-hybridized carbons (Fsp3) is 0.222. The lowest BCUT2D eigenvalue weighted by Gasteiger charge is -2.30. The second-order valence-electron chi connectivity index (χ2n) is 9.55. The summed E-state index contributed by atoms with van der Waals surface area (Å²) < 4.78 is 43.8. The second kappa shape index (κ2) is 9.75. The number of hydrogen-bond acceptors (Lipinski definition) is 6. The highest BCUT2D eigenvalue weighted by Crippen LogP contribution is 2.34. The first-order chi connectivity index (χ1) is 19.2. The highest BCUT2D eigenvalue weighted by Gasteiger charge is 2.35. The van der Waals surface area contributed by atoms with E-state index >= 15 is 0 Å². The number of aromatic amines is 1. The summed E-state index contributed by atoms with van der Waals surface area (Å²) in [5.74, 6) is 0. The van der Waals surface area contributed by atoms with Crippen LogP contribution >= 0.6 is 0 Å². The highest BCUT2D eigenvalue weighted by molar-refractivity contribution is 5.86. The van der Waals surface area contributed by atoms with Gasteiger partial charge >= 0.3 is 6.18 Å². The number of nitrogens with zero attached hydrogens (tertiary/aromatic N) is 8. The zero-order valence-electron chi connectivity index (χ0n) is 21.5. The first-order valence-electron chi connectivity index (χ1n) is 12.4. The lowest BCUT2D eigenvalue weighted by Crippen LogP contribution is -2.33. The van der Waals surface area contributed by atoms with Gasteiger partial charge in [0.2, 0.25) is 0 Å². The van der Waals surface area contributed by atoms with Gasteiger partial charge in [-0.15, -0.1) is 0 Å². The molecule has 0 aromatic carbocycles. The minimum Gasteiger partial charge on any atom is -0.348 e. The number of halogens is 3. The van der Waals surface area contributed by atoms with Gasteiger partial charge in [-0.3, -0.25) is 14.4 Å². The van der Waals surface area contributed by atoms with Crippen LogP contribution in [0.25, 0.3) is 22.3 Å². The number of rotatable bonds is 3. The Hall–Kier alpha value is -4.78. The summed E-state index contributed by atoms with van der Waals surface area (Å²) in [5.41, 5.74) is 5.32. The maximum Gasteiger partial charge on any atom is 0.433 e. The zero-order valence-corrected chi connectivity index (χ0v) is 21.5. The number of H-pyrrole nitrogens is 1. The van der Waals surface area contributed by atoms with Crippen molar-refractivity contribution in [3.8, 4) is 11.3 Å². The molecule has 13 heteroatoms. The Morgan fingerprint density at radius 2 is 1.95 bits per heavy atom. The van der Waals surface area contributed by atoms with Crippen molar-refractivity contribution in [2.75, 3.05) is 13.6 Å². The van der Waals surface area contributed by atoms with Crippen molar-refractivity contribution in [3.63, 3.8) is 0 Å². The molecule has 40 heavy (non-hydrogen) atoms. The van der Waals surface area contributed by atoms with Crippen molar-refractivity contribution in [1.29, 1.82) is 0 Å². The van der Waals surface area contributed by atoms with Gasteiger partial charge in [0.05, 0.1) is 52.2 Å². The number of nitrogens with one attached hydrogen (secondary N) is 1. The number of carbonyl (C=O) groups is 1. The number of pyridine rings is 2. The molecule has 7 rings (SSSR count). The quantitative estimate of drug-likeness (QED) is 0.334. The number of aldehydes is 1. The summed E-state index contributed by atoms with van der Waals surface area (Å²) in [5, 5.41) is 12.7. The maximum absolute atomic E-state index is 13.1. The smallest absolute Gasteiger partial charge is 0.348 e. The van der Waals surface area contributed by atoms with Gasteiger partial charge in [0.15, 0.2) is 6.29 Å². The van der Waals surface area contributed by atoms with Crippen LogP contribution in [0, 0.1) is 0 Å². The van der Waals surface area contributed by atoms with E-state index in [1.165, 1.54) is 6.07 Å². The van der Waals surface area contributed by atoms with Crippen molar-refractivity contribution >= 4 is 17.3 Å². The van der Waals surface area contributed by atoms with Crippen molar-refractivity contribution in [3.05, 3.63) is 95.7 Å². The minimum absolute atomic E-state index is 0.244. The van der Waals surface area contributed by atoms with Crippen LogP contribution in [0.1, 0.15) is 39.2 Å². The van der Waals surface area contributed by atoms with Crippen molar-refractivity contribution in [2.45, 2.75) is 18.6 Å². The summed E-state index contributed by atoms with van der Waals surface area (Å²) in [6, 6.07) is 11.3. The first kappa shape index (κ1) is 25.5. The van der Waals surface area contributed by atoms with Gasteiger partial charge in [0.1, 0.15) is 5.69 Å². The van der Waals surface area contributed by atoms with E-state index in [0.717, 1.165) is 58.0 Å². The summed E-state index contributed by atoms with van der Waals surface area (Å²) >= 11 is 0. The van der Waals surface area contributed by atoms with E-state index in [1.54, 1.807) is 33.9 Å². The van der Waals surface area contributed by atoms with E-state index in [4.69, 9.17) is 0 Å². The SMILES string of the molecule is CN1CCc2[nH]cnc2C1c1cc2cccc(C(F)(F)F)n2n1.Cn1ccc(-c2ccc3c(C=O)cnn3c2)n1. The predicted octanol–water partition coefficient (Wildman–Crippen LogP) is 4.20. The molecule has 1 N–H and O–H groups in total. The summed E-state index contributed by atoms with van der Waals surface area (Å²) in [7, 11) is 3.80. The van der Waals surface area contributed by atoms with E-state index < -0.39 is 11.9 Å². The molecule has 204 valence electrons. The molecular formula is C27H24F3N9O. The third-order valence-corrected chi connectivity index (χ3v) is 6.92. The lowest BCUT2D eigenvalue weighted by molar-refractivity contribution is -0.142. The number of likely N-dealkylation sites (N-methyl/N-ethyl adjacent to an activating group) is 1. The summed E-state index contributed by atoms with van der Waals surface area (Å²) in [6.45, 7) is 0.792. The number of aromatic nitrogens is 8. The van der Waals surface area contributed by atoms with Crippen LogP contribution in [0.5, 0.6) is 0 Å². The number of aryl methyl sites for hydroxylation is 1. The maximum atomic E-state index is 13.1. The average Bonchev–Trinajstić information content (AvgIpc) is 3.73. The molecule has 0 saturated heterocycles. The largest absolute Gasteiger partial charge is 0.433 e. The molecule has 1 unspecified atom stereocenters. The lowest BCUT2D eigenvalue weighted by atomic mass is 10.0. The molecule has 1 aliphatic heterocycles. The third-order valence-electron chi connectivity index (χ3n) is 6.92. The Bertz CT molecular complexity index is 1830. The molecule has 6 aromatic heterocycles. The summed E-state index contributed by atoms with van der Waals surface area (Å²) in [6.07, 6.45) is 4.13. The van der Waals surface area contributed by atoms with E-state index in [1.807, 2.05) is 44.7 Å². The Balaban J connectivity index is 0.000000151. The monoisotopic (exact) mass is 547 g/mol. The van der Waals surface area contributed by atoms with Gasteiger partial charge in [-0.05, 0) is 43.4 Å². The predicted molar refractivity (Wildman–Crippen MR) is 140 cm³/mol. The standard InChI is InChI=1S/C15H14F3N5.C12H10N4O/c1-22-6-5-10-13(20-8-19-10)14(22)11-7-9-3-2-4-12(15(16,17)18)23(9)21-11;1-15-5-4-11(14-15)9-2-3-12-10(8-17)6-13-16(12)7-9/h2-4,7-8,14H,5-6H2,1H3,(H,19,20);2-8H,1H3. The molecule has 0 bridgehead atoms. The number of alkyl halides is 3. The number of hydrogen-bond donors (Lipinski definition) is 1. The molecule has 0 spiro atoms. The van der Waals surface area contributed by atoms with Crippen LogP contribution in [-0.2, 0) is 19.6 Å². The Labute approximate surface area is 225 Å². The van der Waals surface area contributed by atoms with Crippen LogP contribution in [0.3, 0.4) is 0 Å². The van der Waals surface area contributed by atoms with E-state index in [2.05, 4.69) is 30.2 Å². The van der Waals surface area contributed by atoms with Crippen LogP contribution in [-0.4, -0.2) is 63.8 Å². The first-order valence-corrected chi connectivity index (χ1v) is 12.4. The third kappa shape index (κ3) is 4.53. The Morgan fingerprint density at radius 1 is 1.10 bits per heavy atom. The van der Waals surface area contributed by atoms with Crippen molar-refractivity contribution in [1.82, 2.24) is 43.9 Å². The molecule has 1 aliphatic rings. The molecule has 10 nitrogen and oxygen atoms in total. The average molecular weight is 548 g/mol. The number of fused-ring (bicyclic) bond motifs is 3. The van der Waals surface area contributed by atoms with Crippen LogP contribution in [0.15, 0.2) is 67.4 Å². The fourth-order valence-electron chi connectivity index (χ4n) is 4.96. The van der Waals surface area contributed by atoms with Gasteiger partial charge in [-0.25, -0.2) is 14.0 Å². The van der Waals surface area contributed by atoms with Crippen molar-refractivity contribution in [2.24, 2.45) is 7.05 Å². The second-order valence-corrected chi connectivity index (χ2v) is 9.55. The Kier molecular flexibility index (Phi) is 6.22. The number of imidazole rings is 1. The minimum atomic E-state index is -4.45. The Morgan fingerprint density at radius 3 is 2.70 bits per heavy atom. The topological polar surface area (TPSA) is 101 Å². The molecule has 7 heterocycles. The van der Waals surface area contributed by atoms with Gasteiger partial charge in [0.25, 0.3) is 0 Å². The van der Waals surface area contributed by atoms with Gasteiger partial charge in [0, 0.05) is 43.7 Å². The highest BCUT2D eigenvalue weighted by atomic mass is 19.4. The molecule has 0 fully saturated rings. The van der Waals surface area contributed by atoms with Gasteiger partial charge < -0.3 is 4.98 Å². The van der Waals surface area contributed by atoms with E-state index in [-0.39, 0.29) is 6.04 Å². The number of carbonyl (C=O) groups excluding carboxylic acids is 1. The molecule has 0 amide bonds. The van der Waals surface area contributed by atoms with E-state index in [9.17, 15) is 18.0 Å². The fourth-order valence-corrected chi connectivity index (χ4v) is 4.96. The van der Waals surface area contributed by atoms with Crippen LogP contribution in [0.2, 0.25) is 0 Å². The van der Waals surface area contributed by atoms with Crippen molar-refractivity contribution < 1.29 is 18.0 Å². The van der Waals surface area contributed by atoms with E-state index in [0.29, 0.717) is 16.8 Å². The zero-order chi connectivity index (χ0) is 28.0. The molecule has 0 aliphatic carbocycles. The molecule has 6 aromatic rings. The van der Waals surface area contributed by atoms with Gasteiger partial charge in [-0.1, -0.05) is 6.07 Å². The van der Waals surface area contributed by atoms with Crippen LogP contribution < -0.4 is 0 Å². The normalized spacial score (nSPS) is 15.7. The summed E-state index contributed by atoms with van der Waals surface area (Å²) in [4.78, 5) is 20.3. The van der Waals surface area contributed by atoms with Gasteiger partial charge in [-0.2, -0.15) is 28.5 Å². The van der Waals surface area contributed by atoms with Crippen LogP contribution in [0.4, 0.5) is 13.2 Å². The molecule has 0 saturated carbocycles.